The van der Waals surface area contributed by atoms with E-state index in [1.165, 1.54) is 6.20 Å². The van der Waals surface area contributed by atoms with Crippen LogP contribution in [0.4, 0.5) is 4.79 Å². The van der Waals surface area contributed by atoms with Gasteiger partial charge < -0.3 is 20.5 Å². The largest absolute Gasteiger partial charge is 0.477 e. The van der Waals surface area contributed by atoms with Crippen molar-refractivity contribution in [2.24, 2.45) is 0 Å². The van der Waals surface area contributed by atoms with Gasteiger partial charge in [-0.2, -0.15) is 0 Å². The second kappa shape index (κ2) is 10.5. The van der Waals surface area contributed by atoms with Crippen LogP contribution in [-0.4, -0.2) is 40.7 Å². The molecule has 0 fully saturated rings. The zero-order valence-electron chi connectivity index (χ0n) is 18.6. The fourth-order valence-electron chi connectivity index (χ4n) is 4.12. The summed E-state index contributed by atoms with van der Waals surface area (Å²) in [4.78, 5) is 40.3. The first-order valence-corrected chi connectivity index (χ1v) is 11.9. The van der Waals surface area contributed by atoms with Gasteiger partial charge in [0.05, 0.1) is 12.7 Å². The number of nitrogens with zero attached hydrogens (tertiary/aromatic N) is 1. The summed E-state index contributed by atoms with van der Waals surface area (Å²) >= 11 is 0.996. The molecule has 1 aliphatic rings. The summed E-state index contributed by atoms with van der Waals surface area (Å²) in [6, 6.07) is 15.4. The maximum Gasteiger partial charge on any atom is 0.407 e. The number of aromatic carboxylic acids is 1. The number of amides is 2. The maximum absolute atomic E-state index is 12.6. The minimum Gasteiger partial charge on any atom is -0.477 e. The normalized spacial score (nSPS) is 13.0. The highest BCUT2D eigenvalue weighted by Crippen LogP contribution is 2.44. The molecule has 9 heteroatoms. The van der Waals surface area contributed by atoms with Crippen LogP contribution in [-0.2, 0) is 16.1 Å². The van der Waals surface area contributed by atoms with Gasteiger partial charge in [0, 0.05) is 5.92 Å². The predicted molar refractivity (Wildman–Crippen MR) is 128 cm³/mol. The first-order chi connectivity index (χ1) is 16.5. The maximum atomic E-state index is 12.6. The fourth-order valence-corrected chi connectivity index (χ4v) is 4.81. The van der Waals surface area contributed by atoms with Crippen molar-refractivity contribution in [3.05, 3.63) is 75.7 Å². The van der Waals surface area contributed by atoms with E-state index in [4.69, 9.17) is 9.84 Å². The number of hydrogen-bond donors (Lipinski definition) is 3. The molecule has 0 spiro atoms. The SMILES string of the molecule is CCC[C@H](NC(=O)OCC1c2ccccc2-c2ccccc21)C(=O)NCc1ncc(C(=O)O)s1. The van der Waals surface area contributed by atoms with Gasteiger partial charge in [-0.25, -0.2) is 14.6 Å². The van der Waals surface area contributed by atoms with Crippen molar-refractivity contribution >= 4 is 29.3 Å². The average Bonchev–Trinajstić information content (AvgIpc) is 3.44. The van der Waals surface area contributed by atoms with Gasteiger partial charge in [0.25, 0.3) is 0 Å². The molecule has 8 nitrogen and oxygen atoms in total. The number of carbonyl (C=O) groups excluding carboxylic acids is 2. The lowest BCUT2D eigenvalue weighted by Crippen LogP contribution is -2.46. The number of carbonyl (C=O) groups is 3. The Morgan fingerprint density at radius 1 is 1.09 bits per heavy atom. The Labute approximate surface area is 201 Å². The number of carboxylic acid groups (broad SMARTS) is 1. The van der Waals surface area contributed by atoms with Crippen LogP contribution < -0.4 is 10.6 Å². The summed E-state index contributed by atoms with van der Waals surface area (Å²) in [5.41, 5.74) is 4.51. The van der Waals surface area contributed by atoms with Crippen molar-refractivity contribution < 1.29 is 24.2 Å². The molecule has 4 rings (SSSR count). The van der Waals surface area contributed by atoms with Gasteiger partial charge in [-0.3, -0.25) is 4.79 Å². The highest BCUT2D eigenvalue weighted by molar-refractivity contribution is 7.13. The zero-order chi connectivity index (χ0) is 24.1. The topological polar surface area (TPSA) is 118 Å². The molecule has 2 amide bonds. The number of rotatable bonds is 9. The monoisotopic (exact) mass is 479 g/mol. The Balaban J connectivity index is 1.35. The number of carboxylic acids is 1. The van der Waals surface area contributed by atoms with Crippen LogP contribution in [0.1, 0.15) is 51.5 Å². The molecule has 0 radical (unpaired) electrons. The smallest absolute Gasteiger partial charge is 0.407 e. The molecule has 1 aliphatic carbocycles. The van der Waals surface area contributed by atoms with E-state index in [0.717, 1.165) is 33.6 Å². The molecule has 3 N–H and O–H groups in total. The standard InChI is InChI=1S/C25H25N3O5S/c1-2-7-20(23(29)27-13-22-26-12-21(34-22)24(30)31)28-25(32)33-14-19-17-10-5-3-8-15(17)16-9-4-6-11-18(16)19/h3-6,8-12,19-20H,2,7,13-14H2,1H3,(H,27,29)(H,28,32)(H,30,31)/t20-/m0/s1. The van der Waals surface area contributed by atoms with Crippen LogP contribution in [0, 0.1) is 0 Å². The van der Waals surface area contributed by atoms with Crippen LogP contribution in [0.25, 0.3) is 11.1 Å². The van der Waals surface area contributed by atoms with Crippen molar-refractivity contribution in [1.82, 2.24) is 15.6 Å². The average molecular weight is 480 g/mol. The lowest BCUT2D eigenvalue weighted by Gasteiger charge is -2.19. The number of aromatic nitrogens is 1. The highest BCUT2D eigenvalue weighted by atomic mass is 32.1. The first-order valence-electron chi connectivity index (χ1n) is 11.0. The third kappa shape index (κ3) is 5.09. The molecule has 0 bridgehead atoms. The first kappa shape index (κ1) is 23.4. The van der Waals surface area contributed by atoms with Gasteiger partial charge in [0.15, 0.2) is 0 Å². The van der Waals surface area contributed by atoms with Gasteiger partial charge in [0.2, 0.25) is 5.91 Å². The molecule has 176 valence electrons. The number of benzene rings is 2. The van der Waals surface area contributed by atoms with Gasteiger partial charge in [-0.15, -0.1) is 11.3 Å². The molecule has 0 unspecified atom stereocenters. The second-order valence-corrected chi connectivity index (χ2v) is 9.07. The third-order valence-corrected chi connectivity index (χ3v) is 6.69. The van der Waals surface area contributed by atoms with Crippen LogP contribution >= 0.6 is 11.3 Å². The Morgan fingerprint density at radius 3 is 2.32 bits per heavy atom. The molecule has 2 aromatic carbocycles. The minimum atomic E-state index is -1.06. The summed E-state index contributed by atoms with van der Waals surface area (Å²) < 4.78 is 5.55. The van der Waals surface area contributed by atoms with E-state index in [1.807, 2.05) is 43.3 Å². The van der Waals surface area contributed by atoms with Crippen LogP contribution in [0.5, 0.6) is 0 Å². The van der Waals surface area contributed by atoms with Crippen molar-refractivity contribution in [3.63, 3.8) is 0 Å². The quantitative estimate of drug-likeness (QED) is 0.424. The van der Waals surface area contributed by atoms with Gasteiger partial charge in [-0.1, -0.05) is 61.9 Å². The van der Waals surface area contributed by atoms with E-state index in [1.54, 1.807) is 0 Å². The van der Waals surface area contributed by atoms with Crippen molar-refractivity contribution in [2.75, 3.05) is 6.61 Å². The molecule has 34 heavy (non-hydrogen) atoms. The second-order valence-electron chi connectivity index (χ2n) is 7.95. The Bertz CT molecular complexity index is 1160. The molecular formula is C25H25N3O5S. The van der Waals surface area contributed by atoms with E-state index in [2.05, 4.69) is 27.8 Å². The number of thiazole rings is 1. The fraction of sp³-hybridized carbons (Fsp3) is 0.280. The summed E-state index contributed by atoms with van der Waals surface area (Å²) in [6.07, 6.45) is 1.72. The van der Waals surface area contributed by atoms with Gasteiger partial charge >= 0.3 is 12.1 Å². The van der Waals surface area contributed by atoms with Crippen molar-refractivity contribution in [1.29, 1.82) is 0 Å². The predicted octanol–water partition coefficient (Wildman–Crippen LogP) is 4.16. The highest BCUT2D eigenvalue weighted by Gasteiger charge is 2.29. The number of fused-ring (bicyclic) bond motifs is 3. The molecule has 3 aromatic rings. The number of ether oxygens (including phenoxy) is 1. The zero-order valence-corrected chi connectivity index (χ0v) is 19.4. The van der Waals surface area contributed by atoms with E-state index >= 15 is 0 Å². The van der Waals surface area contributed by atoms with Crippen LogP contribution in [0.15, 0.2) is 54.7 Å². The third-order valence-electron chi connectivity index (χ3n) is 5.71. The van der Waals surface area contributed by atoms with Gasteiger partial charge in [0.1, 0.15) is 22.5 Å². The molecule has 1 heterocycles. The van der Waals surface area contributed by atoms with E-state index in [9.17, 15) is 14.4 Å². The Hall–Kier alpha value is -3.72. The van der Waals surface area contributed by atoms with Crippen LogP contribution in [0.2, 0.25) is 0 Å². The van der Waals surface area contributed by atoms with Gasteiger partial charge in [-0.05, 0) is 28.7 Å². The summed E-state index contributed by atoms with van der Waals surface area (Å²) in [5, 5.41) is 14.8. The van der Waals surface area contributed by atoms with Crippen molar-refractivity contribution in [2.45, 2.75) is 38.3 Å². The summed E-state index contributed by atoms with van der Waals surface area (Å²) in [5.74, 6) is -1.50. The molecule has 0 saturated carbocycles. The van der Waals surface area contributed by atoms with E-state index in [0.29, 0.717) is 17.8 Å². The number of nitrogens with one attached hydrogen (secondary N) is 2. The molecule has 0 aliphatic heterocycles. The lowest BCUT2D eigenvalue weighted by atomic mass is 9.98. The molecule has 0 saturated heterocycles. The Morgan fingerprint density at radius 2 is 1.74 bits per heavy atom. The minimum absolute atomic E-state index is 0.0649. The van der Waals surface area contributed by atoms with E-state index in [-0.39, 0.29) is 29.9 Å². The number of hydrogen-bond acceptors (Lipinski definition) is 6. The Kier molecular flexibility index (Phi) is 7.22. The summed E-state index contributed by atoms with van der Waals surface area (Å²) in [6.45, 7) is 2.17. The molecule has 1 atom stereocenters. The molecule has 1 aromatic heterocycles. The number of alkyl carbamates (subject to hydrolysis) is 1. The van der Waals surface area contributed by atoms with Crippen molar-refractivity contribution in [3.8, 4) is 11.1 Å². The summed E-state index contributed by atoms with van der Waals surface area (Å²) in [7, 11) is 0. The molecular weight excluding hydrogens is 454 g/mol. The lowest BCUT2D eigenvalue weighted by molar-refractivity contribution is -0.123. The van der Waals surface area contributed by atoms with Crippen LogP contribution in [0.3, 0.4) is 0 Å². The van der Waals surface area contributed by atoms with E-state index < -0.39 is 18.1 Å².